The van der Waals surface area contributed by atoms with E-state index in [0.717, 1.165) is 16.7 Å². The third kappa shape index (κ3) is 2.19. The van der Waals surface area contributed by atoms with Gasteiger partial charge in [-0.1, -0.05) is 60.2 Å². The number of allylic oxidation sites excluding steroid dienone is 1. The van der Waals surface area contributed by atoms with Gasteiger partial charge in [0.15, 0.2) is 5.78 Å². The van der Waals surface area contributed by atoms with Crippen LogP contribution in [0.5, 0.6) is 0 Å². The molecule has 5 rings (SSSR count). The predicted octanol–water partition coefficient (Wildman–Crippen LogP) is 4.51. The van der Waals surface area contributed by atoms with Crippen LogP contribution in [0, 0.1) is 6.92 Å². The molecule has 2 heterocycles. The molecule has 0 radical (unpaired) electrons. The molecule has 2 atom stereocenters. The number of carbonyl (C=O) groups is 2. The number of rotatable bonds is 1. The fraction of sp³-hybridized carbons (Fsp3) is 0.217. The average Bonchev–Trinajstić information content (AvgIpc) is 2.89. The molecule has 0 N–H and O–H groups in total. The monoisotopic (exact) mass is 419 g/mol. The molecule has 0 saturated carbocycles. The molecular formula is C23H18BrNO2. The van der Waals surface area contributed by atoms with Crippen molar-refractivity contribution in [2.24, 2.45) is 0 Å². The van der Waals surface area contributed by atoms with Gasteiger partial charge in [-0.15, -0.1) is 0 Å². The number of aryl methyl sites for hydroxylation is 1. The zero-order valence-electron chi connectivity index (χ0n) is 14.9. The number of ketones is 1. The van der Waals surface area contributed by atoms with Crippen molar-refractivity contribution in [1.29, 1.82) is 0 Å². The minimum absolute atomic E-state index is 0.0101. The Labute approximate surface area is 166 Å². The van der Waals surface area contributed by atoms with E-state index < -0.39 is 5.54 Å². The van der Waals surface area contributed by atoms with Crippen molar-refractivity contribution < 1.29 is 9.59 Å². The maximum Gasteiger partial charge on any atom is 0.262 e. The van der Waals surface area contributed by atoms with Gasteiger partial charge in [0.05, 0.1) is 10.0 Å². The lowest BCUT2D eigenvalue weighted by molar-refractivity contribution is -0.130. The number of amides is 1. The second-order valence-corrected chi connectivity index (χ2v) is 8.32. The van der Waals surface area contributed by atoms with Crippen LogP contribution in [0.15, 0.2) is 65.2 Å². The fourth-order valence-corrected chi connectivity index (χ4v) is 5.58. The molecule has 3 nitrogen and oxygen atoms in total. The highest BCUT2D eigenvalue weighted by molar-refractivity contribution is 9.12. The van der Waals surface area contributed by atoms with E-state index in [0.29, 0.717) is 17.4 Å². The number of benzene rings is 2. The zero-order valence-corrected chi connectivity index (χ0v) is 16.5. The van der Waals surface area contributed by atoms with Gasteiger partial charge < -0.3 is 4.90 Å². The second kappa shape index (κ2) is 5.77. The van der Waals surface area contributed by atoms with E-state index in [2.05, 4.69) is 59.3 Å². The Bertz CT molecular complexity index is 1050. The van der Waals surface area contributed by atoms with Gasteiger partial charge in [0.2, 0.25) is 0 Å². The van der Waals surface area contributed by atoms with Crippen LogP contribution in [0.25, 0.3) is 5.57 Å². The number of nitrogens with zero attached hydrogens (tertiary/aromatic N) is 1. The van der Waals surface area contributed by atoms with Crippen LogP contribution in [0.4, 0.5) is 0 Å². The molecule has 1 amide bonds. The summed E-state index contributed by atoms with van der Waals surface area (Å²) in [6.45, 7) is 2.60. The first-order valence-corrected chi connectivity index (χ1v) is 9.91. The predicted molar refractivity (Wildman–Crippen MR) is 108 cm³/mol. The summed E-state index contributed by atoms with van der Waals surface area (Å²) in [5.41, 5.74) is 4.84. The Balaban J connectivity index is 1.80. The van der Waals surface area contributed by atoms with E-state index in [-0.39, 0.29) is 17.6 Å². The standard InChI is InChI=1S/C23H18BrNO2/c1-14-6-8-15(9-7-14)20-21(24)22(27)25-13-16-4-2-3-5-18(16)19-12-17(26)10-11-23(19,20)25/h2-11,19H,12-13H2,1H3. The molecule has 1 aliphatic carbocycles. The maximum absolute atomic E-state index is 13.2. The molecule has 3 aliphatic rings. The molecular weight excluding hydrogens is 402 g/mol. The van der Waals surface area contributed by atoms with E-state index in [9.17, 15) is 9.59 Å². The molecule has 134 valence electrons. The van der Waals surface area contributed by atoms with Crippen LogP contribution >= 0.6 is 15.9 Å². The molecule has 2 aromatic rings. The van der Waals surface area contributed by atoms with Gasteiger partial charge in [-0.05, 0) is 45.6 Å². The Kier molecular flexibility index (Phi) is 3.57. The summed E-state index contributed by atoms with van der Waals surface area (Å²) in [6.07, 6.45) is 4.03. The molecule has 4 heteroatoms. The molecule has 0 fully saturated rings. The largest absolute Gasteiger partial charge is 0.320 e. The number of fused-ring (bicyclic) bond motifs is 2. The molecule has 0 aromatic heterocycles. The second-order valence-electron chi connectivity index (χ2n) is 7.53. The highest BCUT2D eigenvalue weighted by atomic mass is 79.9. The number of halogens is 1. The van der Waals surface area contributed by atoms with Gasteiger partial charge in [0, 0.05) is 24.5 Å². The Morgan fingerprint density at radius 1 is 1.07 bits per heavy atom. The SMILES string of the molecule is Cc1ccc(C2=C(Br)C(=O)N3Cc4ccccc4C4CC(=O)C=CC243)cc1. The first kappa shape index (κ1) is 16.7. The van der Waals surface area contributed by atoms with E-state index >= 15 is 0 Å². The Morgan fingerprint density at radius 2 is 1.81 bits per heavy atom. The minimum atomic E-state index is -0.618. The van der Waals surface area contributed by atoms with Crippen molar-refractivity contribution >= 4 is 33.2 Å². The number of hydrogen-bond donors (Lipinski definition) is 0. The third-order valence-corrected chi connectivity index (χ3v) is 6.79. The molecule has 0 saturated heterocycles. The summed E-state index contributed by atoms with van der Waals surface area (Å²) in [6, 6.07) is 16.5. The van der Waals surface area contributed by atoms with Gasteiger partial charge in [-0.25, -0.2) is 0 Å². The lowest BCUT2D eigenvalue weighted by Gasteiger charge is -2.50. The smallest absolute Gasteiger partial charge is 0.262 e. The van der Waals surface area contributed by atoms with Gasteiger partial charge >= 0.3 is 0 Å². The van der Waals surface area contributed by atoms with Crippen LogP contribution in [0.3, 0.4) is 0 Å². The first-order valence-electron chi connectivity index (χ1n) is 9.11. The highest BCUT2D eigenvalue weighted by Gasteiger charge is 2.58. The van der Waals surface area contributed by atoms with Gasteiger partial charge in [0.1, 0.15) is 0 Å². The minimum Gasteiger partial charge on any atom is -0.320 e. The summed E-state index contributed by atoms with van der Waals surface area (Å²) in [4.78, 5) is 27.5. The summed E-state index contributed by atoms with van der Waals surface area (Å²) in [7, 11) is 0. The van der Waals surface area contributed by atoms with Crippen LogP contribution in [-0.4, -0.2) is 22.1 Å². The number of hydrogen-bond acceptors (Lipinski definition) is 2. The van der Waals surface area contributed by atoms with Crippen molar-refractivity contribution in [3.05, 3.63) is 87.4 Å². The lowest BCUT2D eigenvalue weighted by atomic mass is 9.65. The Morgan fingerprint density at radius 3 is 2.59 bits per heavy atom. The number of carbonyl (C=O) groups excluding carboxylic acids is 2. The molecule has 2 aliphatic heterocycles. The average molecular weight is 420 g/mol. The van der Waals surface area contributed by atoms with E-state index in [1.54, 1.807) is 6.08 Å². The highest BCUT2D eigenvalue weighted by Crippen LogP contribution is 2.57. The summed E-state index contributed by atoms with van der Waals surface area (Å²) in [5.74, 6) is 0.0281. The molecule has 2 unspecified atom stereocenters. The van der Waals surface area contributed by atoms with E-state index in [4.69, 9.17) is 0 Å². The topological polar surface area (TPSA) is 37.4 Å². The van der Waals surface area contributed by atoms with E-state index in [1.807, 2.05) is 23.1 Å². The third-order valence-electron chi connectivity index (χ3n) is 6.06. The van der Waals surface area contributed by atoms with Gasteiger partial charge in [-0.2, -0.15) is 0 Å². The summed E-state index contributed by atoms with van der Waals surface area (Å²) < 4.78 is 0.600. The van der Waals surface area contributed by atoms with Crippen LogP contribution in [0.2, 0.25) is 0 Å². The van der Waals surface area contributed by atoms with Crippen molar-refractivity contribution in [2.75, 3.05) is 0 Å². The van der Waals surface area contributed by atoms with Crippen LogP contribution in [-0.2, 0) is 16.1 Å². The van der Waals surface area contributed by atoms with Crippen LogP contribution < -0.4 is 0 Å². The molecule has 2 aromatic carbocycles. The molecule has 0 bridgehead atoms. The van der Waals surface area contributed by atoms with Crippen molar-refractivity contribution in [1.82, 2.24) is 4.90 Å². The first-order chi connectivity index (χ1) is 13.0. The maximum atomic E-state index is 13.2. The lowest BCUT2D eigenvalue weighted by Crippen LogP contribution is -2.55. The van der Waals surface area contributed by atoms with Crippen LogP contribution in [0.1, 0.15) is 34.6 Å². The normalized spacial score (nSPS) is 26.1. The molecule has 27 heavy (non-hydrogen) atoms. The molecule has 1 spiro atoms. The quantitative estimate of drug-likeness (QED) is 0.681. The van der Waals surface area contributed by atoms with Crippen molar-refractivity contribution in [3.8, 4) is 0 Å². The fourth-order valence-electron chi connectivity index (χ4n) is 4.82. The van der Waals surface area contributed by atoms with Crippen molar-refractivity contribution in [3.63, 3.8) is 0 Å². The zero-order chi connectivity index (χ0) is 18.8. The summed E-state index contributed by atoms with van der Waals surface area (Å²) >= 11 is 3.60. The van der Waals surface area contributed by atoms with Gasteiger partial charge in [0.25, 0.3) is 5.91 Å². The Hall–Kier alpha value is -2.46. The summed E-state index contributed by atoms with van der Waals surface area (Å²) in [5, 5.41) is 0. The van der Waals surface area contributed by atoms with Gasteiger partial charge in [-0.3, -0.25) is 9.59 Å². The van der Waals surface area contributed by atoms with Crippen molar-refractivity contribution in [2.45, 2.75) is 31.3 Å². The van der Waals surface area contributed by atoms with E-state index in [1.165, 1.54) is 11.1 Å².